The van der Waals surface area contributed by atoms with E-state index in [-0.39, 0.29) is 18.1 Å². The molecule has 10 heteroatoms. The van der Waals surface area contributed by atoms with Gasteiger partial charge in [-0.15, -0.1) is 0 Å². The predicted octanol–water partition coefficient (Wildman–Crippen LogP) is 4.15. The first kappa shape index (κ1) is 18.4. The van der Waals surface area contributed by atoms with Crippen LogP contribution in [-0.4, -0.2) is 24.3 Å². The van der Waals surface area contributed by atoms with E-state index in [2.05, 4.69) is 4.98 Å². The molecule has 134 valence electrons. The first-order valence-corrected chi connectivity index (χ1v) is 9.29. The summed E-state index contributed by atoms with van der Waals surface area (Å²) in [6.45, 7) is 0.162. The highest BCUT2D eigenvalue weighted by Gasteiger charge is 2.34. The number of benzene rings is 1. The number of nitrogens with zero attached hydrogens (tertiary/aromatic N) is 2. The molecule has 0 N–H and O–H groups in total. The molecule has 2 heterocycles. The van der Waals surface area contributed by atoms with Gasteiger partial charge in [-0.25, -0.2) is 13.4 Å². The molecule has 3 rings (SSSR count). The summed E-state index contributed by atoms with van der Waals surface area (Å²) in [7, 11) is -4.04. The Bertz CT molecular complexity index is 916. The summed E-state index contributed by atoms with van der Waals surface area (Å²) in [6, 6.07) is 4.98. The van der Waals surface area contributed by atoms with Gasteiger partial charge in [0.2, 0.25) is 0 Å². The van der Waals surface area contributed by atoms with Crippen LogP contribution in [-0.2, 0) is 29.2 Å². The Balaban J connectivity index is 1.92. The first-order chi connectivity index (χ1) is 11.6. The fraction of sp³-hybridized carbons (Fsp3) is 0.267. The standard InChI is InChI=1S/C15H11Cl2F3N2O2S/c16-12-3-1-9-5-6-22(8-11(9)14(12)17)25(23,24)13-4-2-10(7-21-13)15(18,19)20/h1-4,7H,5-6,8H2. The van der Waals surface area contributed by atoms with Gasteiger partial charge in [-0.2, -0.15) is 17.5 Å². The molecule has 0 bridgehead atoms. The van der Waals surface area contributed by atoms with Crippen molar-refractivity contribution in [1.29, 1.82) is 0 Å². The van der Waals surface area contributed by atoms with Gasteiger partial charge in [0.15, 0.2) is 5.03 Å². The molecule has 0 fully saturated rings. The molecule has 1 aliphatic rings. The van der Waals surface area contributed by atoms with Gasteiger partial charge >= 0.3 is 6.18 Å². The molecule has 0 aliphatic carbocycles. The zero-order valence-electron chi connectivity index (χ0n) is 12.5. The summed E-state index contributed by atoms with van der Waals surface area (Å²) < 4.78 is 64.2. The predicted molar refractivity (Wildman–Crippen MR) is 87.0 cm³/mol. The Hall–Kier alpha value is -1.35. The van der Waals surface area contributed by atoms with E-state index in [4.69, 9.17) is 23.2 Å². The molecule has 2 aromatic rings. The smallest absolute Gasteiger partial charge is 0.243 e. The Kier molecular flexibility index (Phi) is 4.74. The number of alkyl halides is 3. The molecule has 0 atom stereocenters. The van der Waals surface area contributed by atoms with Gasteiger partial charge in [0.1, 0.15) is 0 Å². The van der Waals surface area contributed by atoms with Crippen LogP contribution in [0.3, 0.4) is 0 Å². The third kappa shape index (κ3) is 3.48. The highest BCUT2D eigenvalue weighted by molar-refractivity contribution is 7.89. The van der Waals surface area contributed by atoms with Crippen LogP contribution in [0.15, 0.2) is 35.5 Å². The fourth-order valence-corrected chi connectivity index (χ4v) is 4.32. The molecular weight excluding hydrogens is 400 g/mol. The number of pyridine rings is 1. The summed E-state index contributed by atoms with van der Waals surface area (Å²) in [6.07, 6.45) is -3.65. The topological polar surface area (TPSA) is 50.3 Å². The van der Waals surface area contributed by atoms with Crippen LogP contribution >= 0.6 is 23.2 Å². The van der Waals surface area contributed by atoms with Crippen LogP contribution in [0.5, 0.6) is 0 Å². The molecule has 0 amide bonds. The maximum Gasteiger partial charge on any atom is 0.417 e. The van der Waals surface area contributed by atoms with Crippen molar-refractivity contribution in [3.05, 3.63) is 57.2 Å². The number of hydrogen-bond donors (Lipinski definition) is 0. The number of rotatable bonds is 2. The lowest BCUT2D eigenvalue weighted by Gasteiger charge is -2.28. The van der Waals surface area contributed by atoms with E-state index in [1.54, 1.807) is 12.1 Å². The zero-order chi connectivity index (χ0) is 18.4. The SMILES string of the molecule is O=S(=O)(c1ccc(C(F)(F)F)cn1)N1CCc2ccc(Cl)c(Cl)c2C1. The van der Waals surface area contributed by atoms with Crippen molar-refractivity contribution in [2.75, 3.05) is 6.54 Å². The molecule has 0 unspecified atom stereocenters. The Labute approximate surface area is 152 Å². The molecule has 0 radical (unpaired) electrons. The van der Waals surface area contributed by atoms with Gasteiger partial charge in [0.05, 0.1) is 15.6 Å². The molecule has 0 saturated carbocycles. The summed E-state index contributed by atoms with van der Waals surface area (Å²) >= 11 is 12.1. The van der Waals surface area contributed by atoms with E-state index < -0.39 is 26.8 Å². The molecule has 25 heavy (non-hydrogen) atoms. The Morgan fingerprint density at radius 3 is 2.44 bits per heavy atom. The van der Waals surface area contributed by atoms with Gasteiger partial charge in [0.25, 0.3) is 10.0 Å². The fourth-order valence-electron chi connectivity index (χ4n) is 2.58. The minimum Gasteiger partial charge on any atom is -0.243 e. The minimum atomic E-state index is -4.58. The quantitative estimate of drug-likeness (QED) is 0.746. The minimum absolute atomic E-state index is 0.0141. The second kappa shape index (κ2) is 6.42. The average molecular weight is 411 g/mol. The van der Waals surface area contributed by atoms with E-state index in [0.717, 1.165) is 15.9 Å². The normalized spacial score (nSPS) is 15.9. The van der Waals surface area contributed by atoms with Crippen molar-refractivity contribution in [3.63, 3.8) is 0 Å². The van der Waals surface area contributed by atoms with E-state index in [1.807, 2.05) is 0 Å². The Morgan fingerprint density at radius 1 is 1.12 bits per heavy atom. The molecular formula is C15H11Cl2F3N2O2S. The van der Waals surface area contributed by atoms with Gasteiger partial charge in [0, 0.05) is 19.3 Å². The monoisotopic (exact) mass is 410 g/mol. The molecule has 1 aromatic carbocycles. The van der Waals surface area contributed by atoms with Crippen LogP contribution in [0.4, 0.5) is 13.2 Å². The van der Waals surface area contributed by atoms with Crippen LogP contribution in [0, 0.1) is 0 Å². The highest BCUT2D eigenvalue weighted by Crippen LogP contribution is 2.34. The zero-order valence-corrected chi connectivity index (χ0v) is 14.8. The van der Waals surface area contributed by atoms with E-state index >= 15 is 0 Å². The summed E-state index contributed by atoms with van der Waals surface area (Å²) in [5, 5.41) is 0.147. The summed E-state index contributed by atoms with van der Waals surface area (Å²) in [5.41, 5.74) is 0.474. The Morgan fingerprint density at radius 2 is 1.84 bits per heavy atom. The molecule has 1 aromatic heterocycles. The number of hydrogen-bond acceptors (Lipinski definition) is 3. The largest absolute Gasteiger partial charge is 0.417 e. The van der Waals surface area contributed by atoms with Crippen molar-refractivity contribution in [3.8, 4) is 0 Å². The van der Waals surface area contributed by atoms with Gasteiger partial charge < -0.3 is 0 Å². The maximum atomic E-state index is 12.7. The lowest BCUT2D eigenvalue weighted by atomic mass is 10.0. The van der Waals surface area contributed by atoms with E-state index in [0.29, 0.717) is 29.3 Å². The maximum absolute atomic E-state index is 12.7. The van der Waals surface area contributed by atoms with Gasteiger partial charge in [-0.3, -0.25) is 0 Å². The lowest BCUT2D eigenvalue weighted by molar-refractivity contribution is -0.137. The molecule has 1 aliphatic heterocycles. The third-order valence-electron chi connectivity index (χ3n) is 3.93. The van der Waals surface area contributed by atoms with Crippen LogP contribution < -0.4 is 0 Å². The van der Waals surface area contributed by atoms with Crippen molar-refractivity contribution < 1.29 is 21.6 Å². The van der Waals surface area contributed by atoms with Gasteiger partial charge in [-0.05, 0) is 35.7 Å². The molecule has 4 nitrogen and oxygen atoms in total. The second-order valence-corrected chi connectivity index (χ2v) is 8.14. The van der Waals surface area contributed by atoms with Gasteiger partial charge in [-0.1, -0.05) is 29.3 Å². The van der Waals surface area contributed by atoms with E-state index in [1.165, 1.54) is 0 Å². The summed E-state index contributed by atoms with van der Waals surface area (Å²) in [5.74, 6) is 0. The number of fused-ring (bicyclic) bond motifs is 1. The van der Waals surface area contributed by atoms with Crippen LogP contribution in [0.25, 0.3) is 0 Å². The van der Waals surface area contributed by atoms with E-state index in [9.17, 15) is 21.6 Å². The van der Waals surface area contributed by atoms with Crippen LogP contribution in [0.1, 0.15) is 16.7 Å². The highest BCUT2D eigenvalue weighted by atomic mass is 35.5. The number of aromatic nitrogens is 1. The third-order valence-corrected chi connectivity index (χ3v) is 6.53. The lowest BCUT2D eigenvalue weighted by Crippen LogP contribution is -2.36. The number of sulfonamides is 1. The molecule has 0 saturated heterocycles. The average Bonchev–Trinajstić information content (AvgIpc) is 2.57. The number of halogens is 5. The second-order valence-electron chi connectivity index (χ2n) is 5.47. The van der Waals surface area contributed by atoms with Crippen molar-refractivity contribution in [2.24, 2.45) is 0 Å². The van der Waals surface area contributed by atoms with Crippen molar-refractivity contribution in [1.82, 2.24) is 9.29 Å². The summed E-state index contributed by atoms with van der Waals surface area (Å²) in [4.78, 5) is 3.48. The molecule has 0 spiro atoms. The first-order valence-electron chi connectivity index (χ1n) is 7.10. The van der Waals surface area contributed by atoms with Crippen molar-refractivity contribution in [2.45, 2.75) is 24.2 Å². The van der Waals surface area contributed by atoms with Crippen LogP contribution in [0.2, 0.25) is 10.0 Å². The van der Waals surface area contributed by atoms with Crippen molar-refractivity contribution >= 4 is 33.2 Å².